The topological polar surface area (TPSA) is 83.1 Å². The predicted octanol–water partition coefficient (Wildman–Crippen LogP) is 1.54. The number of aryl methyl sites for hydroxylation is 1. The van der Waals surface area contributed by atoms with Gasteiger partial charge in [0.05, 0.1) is 10.6 Å². The van der Waals surface area contributed by atoms with E-state index in [9.17, 15) is 17.6 Å². The minimum absolute atomic E-state index is 0.0785. The summed E-state index contributed by atoms with van der Waals surface area (Å²) in [5.74, 6) is 0.0610. The van der Waals surface area contributed by atoms with Crippen molar-refractivity contribution in [1.82, 2.24) is 14.3 Å². The normalized spacial score (nSPS) is 23.3. The van der Waals surface area contributed by atoms with Crippen LogP contribution in [-0.2, 0) is 22.9 Å². The number of nitrogens with zero attached hydrogens (tertiary/aromatic N) is 2. The van der Waals surface area contributed by atoms with Gasteiger partial charge in [0.1, 0.15) is 11.6 Å². The molecule has 3 heterocycles. The van der Waals surface area contributed by atoms with E-state index < -0.39 is 15.8 Å². The maximum Gasteiger partial charge on any atom is 0.254 e. The van der Waals surface area contributed by atoms with Gasteiger partial charge in [0.25, 0.3) is 5.56 Å². The second kappa shape index (κ2) is 5.74. The molecule has 4 rings (SSSR count). The van der Waals surface area contributed by atoms with Crippen LogP contribution in [0.1, 0.15) is 29.9 Å². The fourth-order valence-corrected chi connectivity index (χ4v) is 5.82. The average Bonchev–Trinajstić information content (AvgIpc) is 2.85. The van der Waals surface area contributed by atoms with E-state index in [1.807, 2.05) is 0 Å². The Labute approximate surface area is 144 Å². The first-order valence-electron chi connectivity index (χ1n) is 8.24. The number of hydrogen-bond acceptors (Lipinski definition) is 4. The summed E-state index contributed by atoms with van der Waals surface area (Å²) in [5, 5.41) is 0. The molecular formula is C17H18FN3O3S. The Morgan fingerprint density at radius 2 is 1.80 bits per heavy atom. The van der Waals surface area contributed by atoms with E-state index >= 15 is 0 Å². The molecule has 0 amide bonds. The van der Waals surface area contributed by atoms with E-state index in [0.29, 0.717) is 36.3 Å². The first-order chi connectivity index (χ1) is 11.9. The van der Waals surface area contributed by atoms with Crippen molar-refractivity contribution < 1.29 is 12.8 Å². The van der Waals surface area contributed by atoms with E-state index in [1.54, 1.807) is 6.92 Å². The van der Waals surface area contributed by atoms with Gasteiger partial charge in [0, 0.05) is 24.1 Å². The summed E-state index contributed by atoms with van der Waals surface area (Å²) in [7, 11) is -3.75. The molecule has 6 nitrogen and oxygen atoms in total. The summed E-state index contributed by atoms with van der Waals surface area (Å²) in [4.78, 5) is 19.5. The Hall–Kier alpha value is -2.06. The molecule has 1 N–H and O–H groups in total. The largest absolute Gasteiger partial charge is 0.311 e. The smallest absolute Gasteiger partial charge is 0.254 e. The van der Waals surface area contributed by atoms with E-state index in [1.165, 1.54) is 16.4 Å². The number of H-pyrrole nitrogens is 1. The van der Waals surface area contributed by atoms with Crippen LogP contribution in [0.5, 0.6) is 0 Å². The molecule has 2 aromatic rings. The van der Waals surface area contributed by atoms with Gasteiger partial charge in [-0.05, 0) is 50.5 Å². The van der Waals surface area contributed by atoms with Crippen LogP contribution in [0.15, 0.2) is 34.0 Å². The number of fused-ring (bicyclic) bond motifs is 3. The van der Waals surface area contributed by atoms with Crippen molar-refractivity contribution in [3.05, 3.63) is 57.5 Å². The van der Waals surface area contributed by atoms with Crippen LogP contribution in [0, 0.1) is 12.7 Å². The minimum atomic E-state index is -3.75. The number of halogens is 1. The van der Waals surface area contributed by atoms with Gasteiger partial charge in [-0.3, -0.25) is 4.79 Å². The maximum atomic E-state index is 13.2. The Balaban J connectivity index is 1.77. The summed E-state index contributed by atoms with van der Waals surface area (Å²) in [6.45, 7) is 1.72. The monoisotopic (exact) mass is 363 g/mol. The Kier molecular flexibility index (Phi) is 3.77. The molecule has 2 aliphatic rings. The lowest BCUT2D eigenvalue weighted by atomic mass is 9.98. The fourth-order valence-electron chi connectivity index (χ4n) is 3.95. The number of hydrogen-bond donors (Lipinski definition) is 1. The number of aromatic nitrogens is 2. The maximum absolute atomic E-state index is 13.2. The molecule has 1 saturated heterocycles. The molecule has 2 aliphatic heterocycles. The highest BCUT2D eigenvalue weighted by molar-refractivity contribution is 7.89. The Morgan fingerprint density at radius 3 is 2.48 bits per heavy atom. The highest BCUT2D eigenvalue weighted by Crippen LogP contribution is 2.36. The third-order valence-corrected chi connectivity index (χ3v) is 7.05. The van der Waals surface area contributed by atoms with Gasteiger partial charge in [-0.1, -0.05) is 0 Å². The lowest BCUT2D eigenvalue weighted by molar-refractivity contribution is 0.327. The van der Waals surface area contributed by atoms with Crippen LogP contribution in [0.4, 0.5) is 4.39 Å². The number of nitrogens with one attached hydrogen (secondary N) is 1. The summed E-state index contributed by atoms with van der Waals surface area (Å²) in [6.07, 6.45) is 2.22. The fraction of sp³-hybridized carbons (Fsp3) is 0.412. The first-order valence-corrected chi connectivity index (χ1v) is 9.68. The second-order valence-corrected chi connectivity index (χ2v) is 8.50. The van der Waals surface area contributed by atoms with Gasteiger partial charge >= 0.3 is 0 Å². The highest BCUT2D eigenvalue weighted by atomic mass is 32.2. The van der Waals surface area contributed by atoms with Gasteiger partial charge in [0.2, 0.25) is 10.0 Å². The SMILES string of the molecule is Cc1nc2c(c(=O)[nH]1)C[C@H]1CC[C@@H](C2)N1S(=O)(=O)c1ccc(F)cc1. The Bertz CT molecular complexity index is 985. The van der Waals surface area contributed by atoms with Crippen LogP contribution in [0.25, 0.3) is 0 Å². The standard InChI is InChI=1S/C17H18FN3O3S/c1-10-19-16-9-13-5-4-12(8-15(16)17(22)20-10)21(13)25(23,24)14-6-2-11(18)3-7-14/h2-3,6-7,12-13H,4-5,8-9H2,1H3,(H,19,20,22)/t12-,13+/m1/s1. The van der Waals surface area contributed by atoms with Crippen molar-refractivity contribution in [3.8, 4) is 0 Å². The quantitative estimate of drug-likeness (QED) is 0.877. The number of benzene rings is 1. The molecule has 0 aliphatic carbocycles. The summed E-state index contributed by atoms with van der Waals surface area (Å²) >= 11 is 0. The van der Waals surface area contributed by atoms with E-state index in [-0.39, 0.29) is 22.5 Å². The molecule has 0 unspecified atom stereocenters. The highest BCUT2D eigenvalue weighted by Gasteiger charge is 2.45. The predicted molar refractivity (Wildman–Crippen MR) is 89.2 cm³/mol. The molecule has 0 radical (unpaired) electrons. The second-order valence-electron chi connectivity index (χ2n) is 6.66. The summed E-state index contributed by atoms with van der Waals surface area (Å²) in [6, 6.07) is 4.38. The minimum Gasteiger partial charge on any atom is -0.311 e. The van der Waals surface area contributed by atoms with Crippen molar-refractivity contribution in [2.75, 3.05) is 0 Å². The van der Waals surface area contributed by atoms with Crippen LogP contribution in [-0.4, -0.2) is 34.8 Å². The first kappa shape index (κ1) is 16.4. The van der Waals surface area contributed by atoms with Crippen LogP contribution < -0.4 is 5.56 Å². The van der Waals surface area contributed by atoms with Gasteiger partial charge < -0.3 is 4.98 Å². The van der Waals surface area contributed by atoms with Crippen LogP contribution in [0.3, 0.4) is 0 Å². The van der Waals surface area contributed by atoms with Crippen molar-refractivity contribution in [2.45, 2.75) is 49.6 Å². The lowest BCUT2D eigenvalue weighted by Crippen LogP contribution is -2.41. The van der Waals surface area contributed by atoms with Crippen LogP contribution >= 0.6 is 0 Å². The lowest BCUT2D eigenvalue weighted by Gasteiger charge is -2.27. The van der Waals surface area contributed by atoms with Gasteiger partial charge in [0.15, 0.2) is 0 Å². The molecule has 0 saturated carbocycles. The molecule has 2 atom stereocenters. The average molecular weight is 363 g/mol. The molecule has 132 valence electrons. The zero-order chi connectivity index (χ0) is 17.8. The van der Waals surface area contributed by atoms with Crippen molar-refractivity contribution >= 4 is 10.0 Å². The van der Waals surface area contributed by atoms with Crippen molar-refractivity contribution in [2.24, 2.45) is 0 Å². The molecule has 1 fully saturated rings. The van der Waals surface area contributed by atoms with Gasteiger partial charge in [-0.2, -0.15) is 4.31 Å². The van der Waals surface area contributed by atoms with Gasteiger partial charge in [-0.25, -0.2) is 17.8 Å². The van der Waals surface area contributed by atoms with Crippen LogP contribution in [0.2, 0.25) is 0 Å². The number of sulfonamides is 1. The Morgan fingerprint density at radius 1 is 1.16 bits per heavy atom. The summed E-state index contributed by atoms with van der Waals surface area (Å²) in [5.41, 5.74) is 1.08. The van der Waals surface area contributed by atoms with Crippen molar-refractivity contribution in [1.29, 1.82) is 0 Å². The van der Waals surface area contributed by atoms with Gasteiger partial charge in [-0.15, -0.1) is 0 Å². The molecular weight excluding hydrogens is 345 g/mol. The molecule has 0 spiro atoms. The third-order valence-electron chi connectivity index (χ3n) is 5.03. The molecule has 8 heteroatoms. The number of rotatable bonds is 2. The van der Waals surface area contributed by atoms with E-state index in [4.69, 9.17) is 0 Å². The van der Waals surface area contributed by atoms with E-state index in [2.05, 4.69) is 9.97 Å². The molecule has 25 heavy (non-hydrogen) atoms. The molecule has 1 aromatic carbocycles. The number of aromatic amines is 1. The zero-order valence-corrected chi connectivity index (χ0v) is 14.5. The molecule has 2 bridgehead atoms. The zero-order valence-electron chi connectivity index (χ0n) is 13.7. The molecule has 1 aromatic heterocycles. The van der Waals surface area contributed by atoms with Crippen molar-refractivity contribution in [3.63, 3.8) is 0 Å². The summed E-state index contributed by atoms with van der Waals surface area (Å²) < 4.78 is 40.9. The van der Waals surface area contributed by atoms with E-state index in [0.717, 1.165) is 18.6 Å². The third kappa shape index (κ3) is 2.69.